The number of hydrogen-bond acceptors (Lipinski definition) is 3. The second-order valence-corrected chi connectivity index (χ2v) is 23.9. The Kier molecular flexibility index (Phi) is 8.84. The van der Waals surface area contributed by atoms with Gasteiger partial charge in [-0.2, -0.15) is 0 Å². The quantitative estimate of drug-likeness (QED) is 0.160. The van der Waals surface area contributed by atoms with Gasteiger partial charge in [-0.15, -0.1) is 0 Å². The van der Waals surface area contributed by atoms with Gasteiger partial charge in [0.05, 0.1) is 17.1 Å². The second-order valence-electron chi connectivity index (χ2n) is 23.9. The van der Waals surface area contributed by atoms with Crippen LogP contribution in [0.1, 0.15) is 125 Å². The van der Waals surface area contributed by atoms with Crippen molar-refractivity contribution in [2.24, 2.45) is 35.5 Å². The standard InChI is InChI=1S/C64H63N3/c1-38-19-39(2)21-49(20-38)50-9-5-6-10-51(50)52-16-14-47(28-55(52)46-13-17-54-53-11-7-8-12-56(53)62(3,4)57(54)29-46)58-18-15-48(37-65-58)61-66-59(63-31-40-22-41(32-63)24-42(23-40)33-63)30-60(67-61)64-34-43-25-44(35-64)27-45(26-43)36-64/h5-21,28-30,37,40-45H,22-27,31-36H2,1-4H3. The molecule has 3 heteroatoms. The molecule has 0 spiro atoms. The van der Waals surface area contributed by atoms with Crippen LogP contribution >= 0.6 is 0 Å². The van der Waals surface area contributed by atoms with Crippen molar-refractivity contribution in [3.8, 4) is 67.2 Å². The minimum Gasteiger partial charge on any atom is -0.255 e. The largest absolute Gasteiger partial charge is 0.255 e. The van der Waals surface area contributed by atoms with Gasteiger partial charge in [0.2, 0.25) is 0 Å². The second kappa shape index (κ2) is 14.7. The van der Waals surface area contributed by atoms with E-state index >= 15 is 0 Å². The summed E-state index contributed by atoms with van der Waals surface area (Å²) >= 11 is 0. The summed E-state index contributed by atoms with van der Waals surface area (Å²) in [7, 11) is 0. The summed E-state index contributed by atoms with van der Waals surface area (Å²) in [6.45, 7) is 9.18. The summed E-state index contributed by atoms with van der Waals surface area (Å²) in [4.78, 5) is 16.7. The van der Waals surface area contributed by atoms with Crippen LogP contribution in [0.25, 0.3) is 67.2 Å². The third-order valence-electron chi connectivity index (χ3n) is 18.9. The number of hydrogen-bond donors (Lipinski definition) is 0. The first-order valence-electron chi connectivity index (χ1n) is 26.0. The number of nitrogens with zero attached hydrogens (tertiary/aromatic N) is 3. The molecule has 334 valence electrons. The highest BCUT2D eigenvalue weighted by atomic mass is 14.9. The van der Waals surface area contributed by atoms with Gasteiger partial charge in [0, 0.05) is 33.6 Å². The molecule has 8 fully saturated rings. The summed E-state index contributed by atoms with van der Waals surface area (Å²) in [5.41, 5.74) is 21.8. The van der Waals surface area contributed by atoms with Crippen LogP contribution in [0.2, 0.25) is 0 Å². The summed E-state index contributed by atoms with van der Waals surface area (Å²) in [5, 5.41) is 0. The lowest BCUT2D eigenvalue weighted by atomic mass is 9.47. The van der Waals surface area contributed by atoms with E-state index in [0.29, 0.717) is 0 Å². The molecule has 0 saturated heterocycles. The first-order chi connectivity index (χ1) is 32.5. The number of aromatic nitrogens is 3. The Labute approximate surface area is 398 Å². The average molecular weight is 874 g/mol. The van der Waals surface area contributed by atoms with Gasteiger partial charge < -0.3 is 0 Å². The SMILES string of the molecule is Cc1cc(C)cc(-c2ccccc2-c2ccc(-c3ccc(-c4nc(C56CC7CC(CC(C7)C5)C6)cc(C56CC7CC(CC(C7)C5)C6)n4)cn3)cc2-c2ccc3c(c2)C(C)(C)c2ccccc2-3)c1. The smallest absolute Gasteiger partial charge is 0.161 e. The van der Waals surface area contributed by atoms with E-state index in [-0.39, 0.29) is 16.2 Å². The molecule has 0 radical (unpaired) electrons. The van der Waals surface area contributed by atoms with Crippen molar-refractivity contribution in [1.29, 1.82) is 0 Å². The van der Waals surface area contributed by atoms with Gasteiger partial charge in [-0.05, 0) is 212 Å². The average Bonchev–Trinajstić information content (AvgIpc) is 3.55. The van der Waals surface area contributed by atoms with Crippen LogP contribution in [0.5, 0.6) is 0 Å². The van der Waals surface area contributed by atoms with Crippen molar-refractivity contribution < 1.29 is 0 Å². The normalized spacial score (nSPS) is 29.0. The van der Waals surface area contributed by atoms with Crippen molar-refractivity contribution in [3.63, 3.8) is 0 Å². The number of rotatable bonds is 7. The van der Waals surface area contributed by atoms with Crippen molar-refractivity contribution >= 4 is 0 Å². The Bertz CT molecular complexity index is 3000. The Morgan fingerprint density at radius 1 is 0.403 bits per heavy atom. The molecule has 5 aromatic carbocycles. The maximum Gasteiger partial charge on any atom is 0.161 e. The third kappa shape index (κ3) is 6.45. The fourth-order valence-corrected chi connectivity index (χ4v) is 16.8. The lowest BCUT2D eigenvalue weighted by molar-refractivity contribution is -0.0110. The molecule has 8 saturated carbocycles. The molecule has 7 aromatic rings. The molecule has 16 rings (SSSR count). The summed E-state index contributed by atoms with van der Waals surface area (Å²) in [5.74, 6) is 6.19. The topological polar surface area (TPSA) is 38.7 Å². The van der Waals surface area contributed by atoms with Crippen LogP contribution in [0, 0.1) is 49.4 Å². The molecular weight excluding hydrogens is 811 g/mol. The Balaban J connectivity index is 0.883. The lowest BCUT2D eigenvalue weighted by Crippen LogP contribution is -2.50. The van der Waals surface area contributed by atoms with E-state index in [0.717, 1.165) is 58.2 Å². The number of pyridine rings is 1. The van der Waals surface area contributed by atoms with E-state index in [4.69, 9.17) is 15.0 Å². The molecule has 9 aliphatic carbocycles. The van der Waals surface area contributed by atoms with Gasteiger partial charge >= 0.3 is 0 Å². The number of fused-ring (bicyclic) bond motifs is 3. The van der Waals surface area contributed by atoms with E-state index in [1.807, 2.05) is 0 Å². The Hall–Kier alpha value is -5.67. The zero-order chi connectivity index (χ0) is 44.8. The molecule has 0 N–H and O–H groups in total. The zero-order valence-corrected chi connectivity index (χ0v) is 39.9. The van der Waals surface area contributed by atoms with Crippen molar-refractivity contribution in [2.45, 2.75) is 121 Å². The highest BCUT2D eigenvalue weighted by molar-refractivity contribution is 5.95. The maximum absolute atomic E-state index is 5.67. The molecule has 8 bridgehead atoms. The molecule has 67 heavy (non-hydrogen) atoms. The first kappa shape index (κ1) is 40.4. The molecule has 9 aliphatic rings. The van der Waals surface area contributed by atoms with Gasteiger partial charge in [0.1, 0.15) is 0 Å². The molecule has 3 nitrogen and oxygen atoms in total. The summed E-state index contributed by atoms with van der Waals surface area (Å²) < 4.78 is 0. The summed E-state index contributed by atoms with van der Waals surface area (Å²) in [6.07, 6.45) is 18.8. The van der Waals surface area contributed by atoms with Crippen molar-refractivity contribution in [2.75, 3.05) is 0 Å². The highest BCUT2D eigenvalue weighted by Crippen LogP contribution is 2.63. The zero-order valence-electron chi connectivity index (χ0n) is 39.9. The minimum atomic E-state index is -0.0985. The number of benzene rings is 5. The molecule has 2 heterocycles. The Morgan fingerprint density at radius 3 is 1.48 bits per heavy atom. The van der Waals surface area contributed by atoms with Crippen LogP contribution in [0.3, 0.4) is 0 Å². The summed E-state index contributed by atoms with van der Waals surface area (Å²) in [6, 6.07) is 46.2. The van der Waals surface area contributed by atoms with E-state index in [1.54, 1.807) is 0 Å². The van der Waals surface area contributed by atoms with Crippen LogP contribution in [-0.4, -0.2) is 15.0 Å². The van der Waals surface area contributed by atoms with Crippen LogP contribution in [0.4, 0.5) is 0 Å². The number of aryl methyl sites for hydroxylation is 2. The fraction of sp³-hybridized carbons (Fsp3) is 0.391. The van der Waals surface area contributed by atoms with Crippen LogP contribution in [0.15, 0.2) is 128 Å². The fourth-order valence-electron chi connectivity index (χ4n) is 16.8. The minimum absolute atomic E-state index is 0.0985. The Morgan fingerprint density at radius 2 is 0.896 bits per heavy atom. The van der Waals surface area contributed by atoms with E-state index in [1.165, 1.54) is 155 Å². The van der Waals surface area contributed by atoms with E-state index in [2.05, 4.69) is 155 Å². The molecule has 0 atom stereocenters. The van der Waals surface area contributed by atoms with Gasteiger partial charge in [-0.1, -0.05) is 116 Å². The molecule has 2 aromatic heterocycles. The predicted octanol–water partition coefficient (Wildman–Crippen LogP) is 16.1. The maximum atomic E-state index is 5.67. The monoisotopic (exact) mass is 874 g/mol. The van der Waals surface area contributed by atoms with Gasteiger partial charge in [-0.3, -0.25) is 4.98 Å². The van der Waals surface area contributed by atoms with Gasteiger partial charge in [0.25, 0.3) is 0 Å². The van der Waals surface area contributed by atoms with Gasteiger partial charge in [0.15, 0.2) is 5.82 Å². The first-order valence-corrected chi connectivity index (χ1v) is 26.0. The van der Waals surface area contributed by atoms with Crippen LogP contribution < -0.4 is 0 Å². The van der Waals surface area contributed by atoms with E-state index in [9.17, 15) is 0 Å². The molecule has 0 unspecified atom stereocenters. The van der Waals surface area contributed by atoms with Crippen LogP contribution in [-0.2, 0) is 16.2 Å². The van der Waals surface area contributed by atoms with Gasteiger partial charge in [-0.25, -0.2) is 9.97 Å². The molecule has 0 aliphatic heterocycles. The lowest BCUT2D eigenvalue weighted by Gasteiger charge is -2.58. The van der Waals surface area contributed by atoms with Crippen molar-refractivity contribution in [3.05, 3.63) is 161 Å². The highest BCUT2D eigenvalue weighted by Gasteiger charge is 2.55. The third-order valence-corrected chi connectivity index (χ3v) is 18.9. The molecule has 0 amide bonds. The molecular formula is C64H63N3. The van der Waals surface area contributed by atoms with Crippen molar-refractivity contribution in [1.82, 2.24) is 15.0 Å². The predicted molar refractivity (Wildman–Crippen MR) is 274 cm³/mol. The van der Waals surface area contributed by atoms with E-state index < -0.39 is 0 Å².